The van der Waals surface area contributed by atoms with E-state index in [2.05, 4.69) is 22.9 Å². The molecule has 2 aliphatic rings. The van der Waals surface area contributed by atoms with E-state index in [4.69, 9.17) is 0 Å². The zero-order valence-corrected chi connectivity index (χ0v) is 17.2. The zero-order valence-electron chi connectivity index (χ0n) is 17.2. The number of rotatable bonds is 6. The van der Waals surface area contributed by atoms with Crippen molar-refractivity contribution in [2.45, 2.75) is 72.4 Å². The van der Waals surface area contributed by atoms with Crippen molar-refractivity contribution in [2.75, 3.05) is 10.6 Å². The van der Waals surface area contributed by atoms with Crippen LogP contribution < -0.4 is 16.0 Å². The van der Waals surface area contributed by atoms with Gasteiger partial charge in [-0.05, 0) is 81.9 Å². The van der Waals surface area contributed by atoms with Crippen LogP contribution in [0.15, 0.2) is 12.1 Å². The Morgan fingerprint density at radius 2 is 1.85 bits per heavy atom. The molecule has 0 aliphatic heterocycles. The molecule has 0 aromatic heterocycles. The van der Waals surface area contributed by atoms with E-state index < -0.39 is 0 Å². The smallest absolute Gasteiger partial charge is 0.242 e. The number of fused-ring (bicyclic) bond motifs is 2. The number of aryl methyl sites for hydroxylation is 1. The molecule has 0 radical (unpaired) electrons. The summed E-state index contributed by atoms with van der Waals surface area (Å²) in [6, 6.07) is 3.83. The summed E-state index contributed by atoms with van der Waals surface area (Å²) in [6.45, 7) is 9.48. The maximum atomic E-state index is 12.7. The average molecular weight is 372 g/mol. The van der Waals surface area contributed by atoms with E-state index in [-0.39, 0.29) is 23.9 Å². The van der Waals surface area contributed by atoms with Gasteiger partial charge in [0.1, 0.15) is 6.04 Å². The minimum Gasteiger partial charge on any atom is -0.374 e. The highest BCUT2D eigenvalue weighted by atomic mass is 16.2. The van der Waals surface area contributed by atoms with Gasteiger partial charge in [0.05, 0.1) is 0 Å². The van der Waals surface area contributed by atoms with Crippen molar-refractivity contribution < 1.29 is 9.59 Å². The molecular weight excluding hydrogens is 338 g/mol. The number of amides is 2. The molecule has 5 atom stereocenters. The predicted molar refractivity (Wildman–Crippen MR) is 110 cm³/mol. The molecule has 2 saturated carbocycles. The Balaban J connectivity index is 1.62. The topological polar surface area (TPSA) is 70.2 Å². The number of nitrogens with one attached hydrogen (secondary N) is 3. The van der Waals surface area contributed by atoms with Crippen LogP contribution in [0.1, 0.15) is 57.6 Å². The molecule has 0 unspecified atom stereocenters. The number of hydrogen-bond acceptors (Lipinski definition) is 3. The number of benzene rings is 1. The summed E-state index contributed by atoms with van der Waals surface area (Å²) >= 11 is 0. The molecular formula is C22H33N3O2. The van der Waals surface area contributed by atoms with Crippen LogP contribution in [0.2, 0.25) is 0 Å². The first-order valence-electron chi connectivity index (χ1n) is 10.2. The largest absolute Gasteiger partial charge is 0.374 e. The minimum absolute atomic E-state index is 0.0336. The third kappa shape index (κ3) is 4.28. The summed E-state index contributed by atoms with van der Waals surface area (Å²) in [6.07, 6.45) is 5.33. The van der Waals surface area contributed by atoms with Crippen LogP contribution in [0.5, 0.6) is 0 Å². The van der Waals surface area contributed by atoms with Gasteiger partial charge in [0, 0.05) is 24.3 Å². The van der Waals surface area contributed by atoms with E-state index in [1.54, 1.807) is 0 Å². The second-order valence-corrected chi connectivity index (χ2v) is 8.61. The molecule has 0 spiro atoms. The van der Waals surface area contributed by atoms with Gasteiger partial charge in [-0.25, -0.2) is 0 Å². The Hall–Kier alpha value is -2.04. The standard InChI is InChI=1S/C22H33N3O2/c1-12-6-9-20(13(2)21(12)25-16(5)26)23-15(4)22(27)24-14(3)19-11-17-7-8-18(19)10-17/h6,9,14-15,17-19,23H,7-8,10-11H2,1-5H3,(H,24,27)(H,25,26)/t14-,15-,17+,18+,19+/m1/s1. The number of carbonyl (C=O) groups excluding carboxylic acids is 2. The van der Waals surface area contributed by atoms with Crippen LogP contribution >= 0.6 is 0 Å². The molecule has 3 N–H and O–H groups in total. The number of carbonyl (C=O) groups is 2. The van der Waals surface area contributed by atoms with Gasteiger partial charge in [-0.2, -0.15) is 0 Å². The molecule has 2 bridgehead atoms. The average Bonchev–Trinajstić information content (AvgIpc) is 3.24. The molecule has 0 saturated heterocycles. The van der Waals surface area contributed by atoms with Crippen LogP contribution in [-0.4, -0.2) is 23.9 Å². The van der Waals surface area contributed by atoms with Gasteiger partial charge in [0.25, 0.3) is 0 Å². The van der Waals surface area contributed by atoms with Gasteiger partial charge in [-0.3, -0.25) is 9.59 Å². The van der Waals surface area contributed by atoms with Crippen molar-refractivity contribution in [2.24, 2.45) is 17.8 Å². The lowest BCUT2D eigenvalue weighted by atomic mass is 9.84. The summed E-state index contributed by atoms with van der Waals surface area (Å²) in [5, 5.41) is 9.44. The molecule has 1 aromatic rings. The van der Waals surface area contributed by atoms with E-state index in [0.717, 1.165) is 34.3 Å². The molecule has 2 fully saturated rings. The Morgan fingerprint density at radius 1 is 1.11 bits per heavy atom. The summed E-state index contributed by atoms with van der Waals surface area (Å²) in [5.74, 6) is 2.26. The van der Waals surface area contributed by atoms with Gasteiger partial charge < -0.3 is 16.0 Å². The van der Waals surface area contributed by atoms with Crippen LogP contribution in [0, 0.1) is 31.6 Å². The third-order valence-corrected chi connectivity index (χ3v) is 6.54. The highest BCUT2D eigenvalue weighted by Crippen LogP contribution is 2.49. The molecule has 5 heteroatoms. The first-order valence-corrected chi connectivity index (χ1v) is 10.2. The van der Waals surface area contributed by atoms with Crippen LogP contribution in [0.3, 0.4) is 0 Å². The van der Waals surface area contributed by atoms with Gasteiger partial charge in [0.2, 0.25) is 11.8 Å². The lowest BCUT2D eigenvalue weighted by molar-refractivity contribution is -0.122. The summed E-state index contributed by atoms with van der Waals surface area (Å²) in [5.41, 5.74) is 3.65. The lowest BCUT2D eigenvalue weighted by Gasteiger charge is -2.29. The summed E-state index contributed by atoms with van der Waals surface area (Å²) < 4.78 is 0. The van der Waals surface area contributed by atoms with Crippen molar-refractivity contribution in [3.63, 3.8) is 0 Å². The maximum Gasteiger partial charge on any atom is 0.242 e. The second-order valence-electron chi connectivity index (χ2n) is 8.61. The zero-order chi connectivity index (χ0) is 19.7. The Bertz CT molecular complexity index is 731. The molecule has 27 heavy (non-hydrogen) atoms. The quantitative estimate of drug-likeness (QED) is 0.708. The van der Waals surface area contributed by atoms with Crippen molar-refractivity contribution in [3.05, 3.63) is 23.3 Å². The SMILES string of the molecule is CC(=O)Nc1c(C)ccc(N[C@H](C)C(=O)N[C@H](C)[C@@H]2C[C@H]3CC[C@H]2C3)c1C. The number of hydrogen-bond donors (Lipinski definition) is 3. The molecule has 0 heterocycles. The fourth-order valence-electron chi connectivity index (χ4n) is 5.03. The van der Waals surface area contributed by atoms with Crippen LogP contribution in [0.25, 0.3) is 0 Å². The fourth-order valence-corrected chi connectivity index (χ4v) is 5.03. The second kappa shape index (κ2) is 7.91. The third-order valence-electron chi connectivity index (χ3n) is 6.54. The Kier molecular flexibility index (Phi) is 5.78. The Labute approximate surface area is 162 Å². The van der Waals surface area contributed by atoms with E-state index in [1.165, 1.54) is 32.6 Å². The minimum atomic E-state index is -0.336. The van der Waals surface area contributed by atoms with Gasteiger partial charge in [0.15, 0.2) is 0 Å². The van der Waals surface area contributed by atoms with Crippen LogP contribution in [-0.2, 0) is 9.59 Å². The monoisotopic (exact) mass is 371 g/mol. The number of anilines is 2. The van der Waals surface area contributed by atoms with Crippen molar-refractivity contribution in [3.8, 4) is 0 Å². The maximum absolute atomic E-state index is 12.7. The molecule has 148 valence electrons. The highest BCUT2D eigenvalue weighted by molar-refractivity contribution is 5.92. The fraction of sp³-hybridized carbons (Fsp3) is 0.636. The van der Waals surface area contributed by atoms with E-state index in [0.29, 0.717) is 5.92 Å². The lowest BCUT2D eigenvalue weighted by Crippen LogP contribution is -2.46. The van der Waals surface area contributed by atoms with Gasteiger partial charge in [-0.1, -0.05) is 12.5 Å². The normalized spacial score (nSPS) is 25.7. The first-order chi connectivity index (χ1) is 12.8. The summed E-state index contributed by atoms with van der Waals surface area (Å²) in [7, 11) is 0. The van der Waals surface area contributed by atoms with Crippen molar-refractivity contribution in [1.29, 1.82) is 0 Å². The Morgan fingerprint density at radius 3 is 2.44 bits per heavy atom. The summed E-state index contributed by atoms with van der Waals surface area (Å²) in [4.78, 5) is 24.2. The predicted octanol–water partition coefficient (Wildman–Crippen LogP) is 4.00. The highest BCUT2D eigenvalue weighted by Gasteiger charge is 2.42. The van der Waals surface area contributed by atoms with Crippen molar-refractivity contribution >= 4 is 23.2 Å². The van der Waals surface area contributed by atoms with Gasteiger partial charge >= 0.3 is 0 Å². The molecule has 2 amide bonds. The van der Waals surface area contributed by atoms with Crippen molar-refractivity contribution in [1.82, 2.24) is 5.32 Å². The van der Waals surface area contributed by atoms with E-state index in [1.807, 2.05) is 32.9 Å². The van der Waals surface area contributed by atoms with Crippen LogP contribution in [0.4, 0.5) is 11.4 Å². The molecule has 2 aliphatic carbocycles. The van der Waals surface area contributed by atoms with E-state index >= 15 is 0 Å². The first kappa shape index (κ1) is 19.7. The molecule has 1 aromatic carbocycles. The molecule has 5 nitrogen and oxygen atoms in total. The van der Waals surface area contributed by atoms with Gasteiger partial charge in [-0.15, -0.1) is 0 Å². The van der Waals surface area contributed by atoms with E-state index in [9.17, 15) is 9.59 Å². The molecule has 3 rings (SSSR count).